The second kappa shape index (κ2) is 8.28. The fourth-order valence-electron chi connectivity index (χ4n) is 13.8. The molecule has 3 aromatic rings. The third-order valence-electron chi connectivity index (χ3n) is 16.1. The Bertz CT molecular complexity index is 1910. The topological polar surface area (TPSA) is 124 Å². The van der Waals surface area contributed by atoms with Gasteiger partial charge in [-0.1, -0.05) is 12.1 Å². The molecule has 4 fully saturated rings. The molecule has 9 nitrogen and oxygen atoms in total. The summed E-state index contributed by atoms with van der Waals surface area (Å²) in [6.45, 7) is 4.19. The fourth-order valence-corrected chi connectivity index (χ4v) is 13.8. The molecule has 13 rings (SSSR count). The van der Waals surface area contributed by atoms with Crippen molar-refractivity contribution in [2.75, 3.05) is 26.2 Å². The average molecular weight is 664 g/mol. The van der Waals surface area contributed by atoms with E-state index in [1.807, 2.05) is 0 Å². The van der Waals surface area contributed by atoms with Crippen molar-refractivity contribution in [1.29, 1.82) is 0 Å². The Morgan fingerprint density at radius 3 is 1.55 bits per heavy atom. The van der Waals surface area contributed by atoms with Crippen molar-refractivity contribution in [2.24, 2.45) is 11.8 Å². The molecule has 2 unspecified atom stereocenters. The normalized spacial score (nSPS) is 43.6. The molecule has 5 heterocycles. The Balaban J connectivity index is 1.03. The van der Waals surface area contributed by atoms with E-state index in [0.29, 0.717) is 24.3 Å². The minimum atomic E-state index is -1.05. The zero-order valence-electron chi connectivity index (χ0n) is 27.8. The van der Waals surface area contributed by atoms with E-state index < -0.39 is 34.2 Å². The number of rotatable bonds is 4. The number of piperidine rings is 2. The molecule has 4 bridgehead atoms. The molecule has 0 radical (unpaired) electrons. The van der Waals surface area contributed by atoms with Gasteiger partial charge in [-0.05, 0) is 60.1 Å². The van der Waals surface area contributed by atoms with E-state index in [2.05, 4.69) is 17.1 Å². The predicted molar refractivity (Wildman–Crippen MR) is 175 cm³/mol. The second-order valence-electron chi connectivity index (χ2n) is 18.1. The molecule has 2 saturated carbocycles. The molecular formula is C40H45N3O6+2. The molecule has 10 atom stereocenters. The van der Waals surface area contributed by atoms with Gasteiger partial charge in [-0.25, -0.2) is 0 Å². The third-order valence-corrected chi connectivity index (χ3v) is 16.1. The van der Waals surface area contributed by atoms with Crippen LogP contribution in [0.2, 0.25) is 0 Å². The SMILES string of the molecule is Oc1ccc2c3c1O[C@H]1c4[nH]c5c(c4C[C@@]4(O)[C@@H](C2)[NH+](CC2CC2)CC[C@]314)C[C@@]1(O)[C@H]2Cc3ccc(O)c4c3[C@@]1(CC[NH+]2CC1CC1)[C@H]5O4. The number of likely N-dealkylation sites (tertiary alicyclic amines) is 2. The van der Waals surface area contributed by atoms with Crippen LogP contribution in [-0.2, 0) is 36.5 Å². The first-order chi connectivity index (χ1) is 23.7. The highest BCUT2D eigenvalue weighted by atomic mass is 16.5. The number of hydrogen-bond acceptors (Lipinski definition) is 6. The number of aromatic hydroxyl groups is 2. The molecule has 2 spiro atoms. The van der Waals surface area contributed by atoms with Crippen molar-refractivity contribution in [2.45, 2.75) is 111 Å². The Kier molecular flexibility index (Phi) is 4.64. The van der Waals surface area contributed by atoms with Gasteiger partial charge in [-0.2, -0.15) is 0 Å². The highest BCUT2D eigenvalue weighted by molar-refractivity contribution is 5.68. The van der Waals surface area contributed by atoms with Crippen LogP contribution >= 0.6 is 0 Å². The van der Waals surface area contributed by atoms with E-state index in [1.165, 1.54) is 46.6 Å². The molecule has 7 N–H and O–H groups in total. The summed E-state index contributed by atoms with van der Waals surface area (Å²) in [5.74, 6) is 2.89. The summed E-state index contributed by atoms with van der Waals surface area (Å²) >= 11 is 0. The van der Waals surface area contributed by atoms with Crippen molar-refractivity contribution >= 4 is 0 Å². The number of H-pyrrole nitrogens is 1. The summed E-state index contributed by atoms with van der Waals surface area (Å²) in [6.07, 6.45) is 8.40. The standard InChI is InChI=1S/C40H43N3O6/c44-25-7-5-21-13-27-39(46)15-23-24-16-40(47)28-14-22-6-8-26(45)34-30(22)38(40,10-12-43(28)18-20-3-4-20)36(49-34)32(24)41-31(23)35-37(39,29(21)33(25)48-35)9-11-42(27)17-19-1-2-19/h5-8,19-20,27-28,35-36,41,44-47H,1-4,9-18H2/p+2/t27-,28-,35+,36+,37+,38+,39-,40-/m1/s1. The van der Waals surface area contributed by atoms with Gasteiger partial charge in [-0.3, -0.25) is 0 Å². The number of fused-ring (bicyclic) bond motifs is 5. The fraction of sp³-hybridized carbons (Fsp3) is 0.600. The van der Waals surface area contributed by atoms with Gasteiger partial charge >= 0.3 is 0 Å². The molecule has 10 aliphatic rings. The van der Waals surface area contributed by atoms with Crippen LogP contribution in [0.15, 0.2) is 24.3 Å². The number of aromatic nitrogens is 1. The van der Waals surface area contributed by atoms with Gasteiger partial charge < -0.3 is 44.7 Å². The van der Waals surface area contributed by atoms with Crippen LogP contribution in [0.3, 0.4) is 0 Å². The monoisotopic (exact) mass is 663 g/mol. The largest absolute Gasteiger partial charge is 0.504 e. The minimum Gasteiger partial charge on any atom is -0.504 e. The molecule has 1 aromatic heterocycles. The lowest BCUT2D eigenvalue weighted by molar-refractivity contribution is -0.944. The second-order valence-corrected chi connectivity index (χ2v) is 18.1. The number of nitrogens with one attached hydrogen (secondary N) is 3. The first kappa shape index (κ1) is 27.5. The zero-order chi connectivity index (χ0) is 32.4. The summed E-state index contributed by atoms with van der Waals surface area (Å²) in [7, 11) is 0. The van der Waals surface area contributed by atoms with Gasteiger partial charge in [0.1, 0.15) is 23.3 Å². The summed E-state index contributed by atoms with van der Waals surface area (Å²) in [6, 6.07) is 7.79. The number of benzene rings is 2. The third kappa shape index (κ3) is 2.87. The lowest BCUT2D eigenvalue weighted by atomic mass is 9.47. The number of phenolic OH excluding ortho intramolecular Hbond substituents is 2. The van der Waals surface area contributed by atoms with Gasteiger partial charge in [0.15, 0.2) is 35.2 Å². The minimum absolute atomic E-state index is 0.0340. The lowest BCUT2D eigenvalue weighted by Gasteiger charge is -2.61. The van der Waals surface area contributed by atoms with Crippen molar-refractivity contribution in [3.63, 3.8) is 0 Å². The van der Waals surface area contributed by atoms with E-state index in [9.17, 15) is 20.4 Å². The highest BCUT2D eigenvalue weighted by Gasteiger charge is 2.78. The molecule has 6 aliphatic carbocycles. The molecule has 49 heavy (non-hydrogen) atoms. The van der Waals surface area contributed by atoms with Crippen molar-refractivity contribution in [3.05, 3.63) is 69.0 Å². The highest BCUT2D eigenvalue weighted by Crippen LogP contribution is 2.71. The first-order valence-corrected chi connectivity index (χ1v) is 19.2. The van der Waals surface area contributed by atoms with Crippen LogP contribution in [0.1, 0.15) is 95.5 Å². The van der Waals surface area contributed by atoms with Crippen molar-refractivity contribution in [3.8, 4) is 23.0 Å². The number of quaternary nitrogens is 2. The van der Waals surface area contributed by atoms with E-state index in [4.69, 9.17) is 9.47 Å². The Morgan fingerprint density at radius 2 is 1.12 bits per heavy atom. The number of aliphatic hydroxyl groups is 2. The van der Waals surface area contributed by atoms with Crippen LogP contribution in [0, 0.1) is 11.8 Å². The zero-order valence-corrected chi connectivity index (χ0v) is 27.8. The predicted octanol–water partition coefficient (Wildman–Crippen LogP) is 0.990. The molecule has 4 aliphatic heterocycles. The molecular weight excluding hydrogens is 618 g/mol. The summed E-state index contributed by atoms with van der Waals surface area (Å²) < 4.78 is 13.9. The summed E-state index contributed by atoms with van der Waals surface area (Å²) in [4.78, 5) is 6.96. The smallest absolute Gasteiger partial charge is 0.166 e. The van der Waals surface area contributed by atoms with E-state index >= 15 is 0 Å². The molecule has 9 heteroatoms. The lowest BCUT2D eigenvalue weighted by Crippen LogP contribution is -3.21. The molecule has 2 aromatic carbocycles. The number of hydrogen-bond donors (Lipinski definition) is 7. The Labute approximate surface area is 284 Å². The molecule has 0 amide bonds. The van der Waals surface area contributed by atoms with Gasteiger partial charge in [-0.15, -0.1) is 0 Å². The summed E-state index contributed by atoms with van der Waals surface area (Å²) in [5.41, 5.74) is 5.22. The first-order valence-electron chi connectivity index (χ1n) is 19.2. The summed E-state index contributed by atoms with van der Waals surface area (Å²) in [5, 5.41) is 49.5. The molecule has 2 saturated heterocycles. The van der Waals surface area contributed by atoms with Crippen LogP contribution < -0.4 is 19.3 Å². The van der Waals surface area contributed by atoms with E-state index in [1.54, 1.807) is 12.1 Å². The van der Waals surface area contributed by atoms with Crippen molar-refractivity contribution < 1.29 is 39.7 Å². The van der Waals surface area contributed by atoms with Crippen LogP contribution in [0.25, 0.3) is 0 Å². The van der Waals surface area contributed by atoms with Gasteiger partial charge in [0.25, 0.3) is 0 Å². The quantitative estimate of drug-likeness (QED) is 0.224. The van der Waals surface area contributed by atoms with Crippen molar-refractivity contribution in [1.82, 2.24) is 4.98 Å². The average Bonchev–Trinajstić information content (AvgIpc) is 3.98. The van der Waals surface area contributed by atoms with E-state index in [-0.39, 0.29) is 23.6 Å². The number of aromatic amines is 1. The molecule has 254 valence electrons. The maximum atomic E-state index is 13.5. The number of phenols is 2. The number of ether oxygens (including phenoxy) is 2. The van der Waals surface area contributed by atoms with Gasteiger partial charge in [0, 0.05) is 61.5 Å². The van der Waals surface area contributed by atoms with Crippen LogP contribution in [0.5, 0.6) is 23.0 Å². The Morgan fingerprint density at radius 1 is 0.673 bits per heavy atom. The Hall–Kier alpha value is -3.24. The van der Waals surface area contributed by atoms with Gasteiger partial charge in [0.2, 0.25) is 0 Å². The van der Waals surface area contributed by atoms with Gasteiger partial charge in [0.05, 0.1) is 48.4 Å². The van der Waals surface area contributed by atoms with E-state index in [0.717, 1.165) is 97.3 Å². The maximum Gasteiger partial charge on any atom is 0.166 e. The maximum absolute atomic E-state index is 13.5. The van der Waals surface area contributed by atoms with Crippen LogP contribution in [0.4, 0.5) is 0 Å². The van der Waals surface area contributed by atoms with Crippen LogP contribution in [-0.4, -0.2) is 74.9 Å².